The van der Waals surface area contributed by atoms with E-state index in [1.54, 1.807) is 18.2 Å². The van der Waals surface area contributed by atoms with Gasteiger partial charge in [0.1, 0.15) is 11.4 Å². The summed E-state index contributed by atoms with van der Waals surface area (Å²) in [5.41, 5.74) is 0.465. The van der Waals surface area contributed by atoms with Gasteiger partial charge in [0.25, 0.3) is 0 Å². The van der Waals surface area contributed by atoms with Crippen LogP contribution in [0.2, 0.25) is 0 Å². The number of aromatic nitrogens is 1. The van der Waals surface area contributed by atoms with Gasteiger partial charge < -0.3 is 9.47 Å². The number of carbonyl (C=O) groups is 2. The highest BCUT2D eigenvalue weighted by Crippen LogP contribution is 2.24. The Kier molecular flexibility index (Phi) is 11.6. The third-order valence-electron chi connectivity index (χ3n) is 4.61. The van der Waals surface area contributed by atoms with Gasteiger partial charge in [-0.3, -0.25) is 0 Å². The number of carbonyl (C=O) groups excluding carboxylic acids is 2. The van der Waals surface area contributed by atoms with Gasteiger partial charge in [0.15, 0.2) is 0 Å². The molecule has 0 saturated heterocycles. The van der Waals surface area contributed by atoms with Crippen LogP contribution in [0.15, 0.2) is 18.2 Å². The number of esters is 2. The lowest BCUT2D eigenvalue weighted by Crippen LogP contribution is -2.19. The first-order valence-corrected chi connectivity index (χ1v) is 11.0. The second-order valence-electron chi connectivity index (χ2n) is 9.13. The summed E-state index contributed by atoms with van der Waals surface area (Å²) in [7, 11) is 0. The van der Waals surface area contributed by atoms with Crippen molar-refractivity contribution in [2.45, 2.75) is 86.0 Å². The van der Waals surface area contributed by atoms with Crippen LogP contribution in [-0.4, -0.2) is 30.1 Å². The SMILES string of the molecule is CCCCCCCCCOC(=O)c1cccc(C(=O)OCC(C)CC(C)(C)C)n1. The van der Waals surface area contributed by atoms with E-state index in [9.17, 15) is 9.59 Å². The summed E-state index contributed by atoms with van der Waals surface area (Å²) in [4.78, 5) is 28.6. The van der Waals surface area contributed by atoms with Crippen LogP contribution in [0.25, 0.3) is 0 Å². The molecule has 1 aromatic heterocycles. The average Bonchev–Trinajstić information content (AvgIpc) is 2.66. The van der Waals surface area contributed by atoms with Crippen LogP contribution >= 0.6 is 0 Å². The molecule has 0 N–H and O–H groups in total. The van der Waals surface area contributed by atoms with E-state index in [0.29, 0.717) is 13.2 Å². The van der Waals surface area contributed by atoms with E-state index in [2.05, 4.69) is 39.6 Å². The number of hydrogen-bond donors (Lipinski definition) is 0. The molecular formula is C24H39NO4. The lowest BCUT2D eigenvalue weighted by Gasteiger charge is -2.22. The van der Waals surface area contributed by atoms with Gasteiger partial charge in [-0.1, -0.05) is 79.2 Å². The van der Waals surface area contributed by atoms with Crippen LogP contribution in [0.5, 0.6) is 0 Å². The Hall–Kier alpha value is -1.91. The molecule has 0 spiro atoms. The Morgan fingerprint density at radius 3 is 2.07 bits per heavy atom. The van der Waals surface area contributed by atoms with E-state index in [1.807, 2.05) is 0 Å². The molecule has 0 fully saturated rings. The molecule has 5 heteroatoms. The van der Waals surface area contributed by atoms with E-state index in [1.165, 1.54) is 32.1 Å². The van der Waals surface area contributed by atoms with Gasteiger partial charge in [0.05, 0.1) is 13.2 Å². The van der Waals surface area contributed by atoms with Crippen molar-refractivity contribution in [3.05, 3.63) is 29.6 Å². The monoisotopic (exact) mass is 405 g/mol. The third kappa shape index (κ3) is 11.6. The molecular weight excluding hydrogens is 366 g/mol. The summed E-state index contributed by atoms with van der Waals surface area (Å²) in [6.45, 7) is 11.5. The first-order valence-electron chi connectivity index (χ1n) is 11.0. The fraction of sp³-hybridized carbons (Fsp3) is 0.708. The van der Waals surface area contributed by atoms with Crippen molar-refractivity contribution in [3.8, 4) is 0 Å². The smallest absolute Gasteiger partial charge is 0.356 e. The number of hydrogen-bond acceptors (Lipinski definition) is 5. The number of rotatable bonds is 13. The molecule has 1 aromatic rings. The van der Waals surface area contributed by atoms with Crippen molar-refractivity contribution >= 4 is 11.9 Å². The fourth-order valence-corrected chi connectivity index (χ4v) is 3.36. The maximum atomic E-state index is 12.3. The van der Waals surface area contributed by atoms with Crippen molar-refractivity contribution in [1.29, 1.82) is 0 Å². The topological polar surface area (TPSA) is 65.5 Å². The molecule has 29 heavy (non-hydrogen) atoms. The molecule has 0 saturated carbocycles. The zero-order valence-electron chi connectivity index (χ0n) is 19.0. The minimum atomic E-state index is -0.507. The highest BCUT2D eigenvalue weighted by Gasteiger charge is 2.18. The Bertz CT molecular complexity index is 622. The molecule has 1 unspecified atom stereocenters. The average molecular weight is 406 g/mol. The Morgan fingerprint density at radius 2 is 1.48 bits per heavy atom. The predicted octanol–water partition coefficient (Wildman–Crippen LogP) is 6.22. The van der Waals surface area contributed by atoms with E-state index >= 15 is 0 Å². The molecule has 0 aliphatic carbocycles. The second-order valence-corrected chi connectivity index (χ2v) is 9.13. The molecule has 164 valence electrons. The summed E-state index contributed by atoms with van der Waals surface area (Å²) in [5.74, 6) is -0.742. The minimum Gasteiger partial charge on any atom is -0.461 e. The van der Waals surface area contributed by atoms with Gasteiger partial charge in [-0.2, -0.15) is 0 Å². The largest absolute Gasteiger partial charge is 0.461 e. The molecule has 1 rings (SSSR count). The van der Waals surface area contributed by atoms with Crippen LogP contribution in [0.1, 0.15) is 107 Å². The van der Waals surface area contributed by atoms with Gasteiger partial charge in [0.2, 0.25) is 0 Å². The first kappa shape index (κ1) is 25.1. The summed E-state index contributed by atoms with van der Waals surface area (Å²) < 4.78 is 10.7. The maximum absolute atomic E-state index is 12.3. The van der Waals surface area contributed by atoms with Crippen LogP contribution < -0.4 is 0 Å². The molecule has 0 bridgehead atoms. The maximum Gasteiger partial charge on any atom is 0.356 e. The van der Waals surface area contributed by atoms with Gasteiger partial charge >= 0.3 is 11.9 Å². The van der Waals surface area contributed by atoms with Crippen LogP contribution in [-0.2, 0) is 9.47 Å². The van der Waals surface area contributed by atoms with E-state index in [0.717, 1.165) is 19.3 Å². The van der Waals surface area contributed by atoms with Crippen molar-refractivity contribution < 1.29 is 19.1 Å². The summed E-state index contributed by atoms with van der Waals surface area (Å²) in [5, 5.41) is 0. The van der Waals surface area contributed by atoms with Gasteiger partial charge in [0, 0.05) is 0 Å². The molecule has 0 aliphatic rings. The molecule has 1 heterocycles. The van der Waals surface area contributed by atoms with Crippen LogP contribution in [0, 0.1) is 11.3 Å². The Balaban J connectivity index is 2.38. The molecule has 1 atom stereocenters. The zero-order chi connectivity index (χ0) is 21.7. The Morgan fingerprint density at radius 1 is 0.931 bits per heavy atom. The highest BCUT2D eigenvalue weighted by molar-refractivity contribution is 5.91. The quantitative estimate of drug-likeness (QED) is 0.288. The first-order chi connectivity index (χ1) is 13.7. The van der Waals surface area contributed by atoms with Crippen molar-refractivity contribution in [1.82, 2.24) is 4.98 Å². The van der Waals surface area contributed by atoms with Crippen LogP contribution in [0.4, 0.5) is 0 Å². The van der Waals surface area contributed by atoms with E-state index in [4.69, 9.17) is 9.47 Å². The molecule has 0 aromatic carbocycles. The van der Waals surface area contributed by atoms with Crippen LogP contribution in [0.3, 0.4) is 0 Å². The minimum absolute atomic E-state index is 0.137. The number of unbranched alkanes of at least 4 members (excludes halogenated alkanes) is 6. The molecule has 0 amide bonds. The molecule has 0 radical (unpaired) electrons. The zero-order valence-corrected chi connectivity index (χ0v) is 19.0. The summed E-state index contributed by atoms with van der Waals surface area (Å²) in [6, 6.07) is 4.75. The van der Waals surface area contributed by atoms with Crippen molar-refractivity contribution in [2.75, 3.05) is 13.2 Å². The van der Waals surface area contributed by atoms with E-state index < -0.39 is 11.9 Å². The number of ether oxygens (including phenoxy) is 2. The predicted molar refractivity (Wildman–Crippen MR) is 116 cm³/mol. The molecule has 5 nitrogen and oxygen atoms in total. The normalized spacial score (nSPS) is 12.4. The lowest BCUT2D eigenvalue weighted by molar-refractivity contribution is 0.0412. The number of pyridine rings is 1. The van der Waals surface area contributed by atoms with Gasteiger partial charge in [-0.15, -0.1) is 0 Å². The fourth-order valence-electron chi connectivity index (χ4n) is 3.36. The Labute approximate surface area is 176 Å². The van der Waals surface area contributed by atoms with Crippen molar-refractivity contribution in [3.63, 3.8) is 0 Å². The van der Waals surface area contributed by atoms with Crippen molar-refractivity contribution in [2.24, 2.45) is 11.3 Å². The number of nitrogens with zero attached hydrogens (tertiary/aromatic N) is 1. The second kappa shape index (κ2) is 13.3. The lowest BCUT2D eigenvalue weighted by atomic mass is 9.86. The van der Waals surface area contributed by atoms with Gasteiger partial charge in [-0.25, -0.2) is 14.6 Å². The summed E-state index contributed by atoms with van der Waals surface area (Å²) in [6.07, 6.45) is 9.08. The van der Waals surface area contributed by atoms with Gasteiger partial charge in [-0.05, 0) is 36.3 Å². The van der Waals surface area contributed by atoms with E-state index in [-0.39, 0.29) is 22.7 Å². The summed E-state index contributed by atoms with van der Waals surface area (Å²) >= 11 is 0. The molecule has 0 aliphatic heterocycles. The standard InChI is InChI=1S/C24H39NO4/c1-6-7-8-9-10-11-12-16-28-22(26)20-14-13-15-21(25-20)23(27)29-18-19(2)17-24(3,4)5/h13-15,19H,6-12,16-18H2,1-5H3. The third-order valence-corrected chi connectivity index (χ3v) is 4.61. The highest BCUT2D eigenvalue weighted by atomic mass is 16.5.